The van der Waals surface area contributed by atoms with Gasteiger partial charge >= 0.3 is 0 Å². The third-order valence-electron chi connectivity index (χ3n) is 9.27. The molecule has 0 atom stereocenters. The predicted octanol–water partition coefficient (Wildman–Crippen LogP) is 10.6. The van der Waals surface area contributed by atoms with Crippen LogP contribution in [0.1, 0.15) is 0 Å². The second-order valence-corrected chi connectivity index (χ2v) is 11.9. The molecule has 0 radical (unpaired) electrons. The lowest BCUT2D eigenvalue weighted by Crippen LogP contribution is -2.00. The highest BCUT2D eigenvalue weighted by atomic mass is 15.1. The van der Waals surface area contributed by atoms with Crippen molar-refractivity contribution in [3.63, 3.8) is 0 Å². The summed E-state index contributed by atoms with van der Waals surface area (Å²) in [6.45, 7) is 0. The van der Waals surface area contributed by atoms with Crippen molar-refractivity contribution in [3.05, 3.63) is 158 Å². The van der Waals surface area contributed by atoms with E-state index in [0.717, 1.165) is 66.8 Å². The molecule has 0 spiro atoms. The van der Waals surface area contributed by atoms with E-state index in [0.29, 0.717) is 0 Å². The van der Waals surface area contributed by atoms with E-state index < -0.39 is 0 Å². The van der Waals surface area contributed by atoms with Crippen LogP contribution in [0.3, 0.4) is 0 Å². The number of pyridine rings is 2. The van der Waals surface area contributed by atoms with E-state index in [2.05, 4.69) is 161 Å². The molecule has 10 aromatic rings. The third-order valence-corrected chi connectivity index (χ3v) is 9.27. The lowest BCUT2D eigenvalue weighted by molar-refractivity contribution is 1.08. The SMILES string of the molecule is c1ccc(-c2cc(-c3ccccc3)nc(-n3c4ccccc4c4cc5c6ccccc6c6nc7ccccc7n6c5cc43)c2)cc1. The normalized spacial score (nSPS) is 11.9. The van der Waals surface area contributed by atoms with Crippen LogP contribution in [-0.2, 0) is 0 Å². The van der Waals surface area contributed by atoms with Crippen molar-refractivity contribution >= 4 is 60.2 Å². The van der Waals surface area contributed by atoms with E-state index in [-0.39, 0.29) is 0 Å². The number of para-hydroxylation sites is 3. The molecular formula is C42H26N4. The van der Waals surface area contributed by atoms with Crippen LogP contribution >= 0.6 is 0 Å². The smallest absolute Gasteiger partial charge is 0.146 e. The molecule has 0 aliphatic rings. The van der Waals surface area contributed by atoms with Crippen molar-refractivity contribution in [1.82, 2.24) is 18.9 Å². The Morgan fingerprint density at radius 3 is 1.80 bits per heavy atom. The summed E-state index contributed by atoms with van der Waals surface area (Å²) in [6, 6.07) is 55.9. The van der Waals surface area contributed by atoms with Crippen molar-refractivity contribution in [3.8, 4) is 28.2 Å². The quantitative estimate of drug-likeness (QED) is 0.193. The molecule has 6 aromatic carbocycles. The second kappa shape index (κ2) is 9.62. The van der Waals surface area contributed by atoms with Gasteiger partial charge in [-0.15, -0.1) is 0 Å². The van der Waals surface area contributed by atoms with Crippen molar-refractivity contribution in [1.29, 1.82) is 0 Å². The van der Waals surface area contributed by atoms with E-state index in [4.69, 9.17) is 9.97 Å². The zero-order valence-corrected chi connectivity index (χ0v) is 24.8. The standard InChI is InChI=1S/C42H26N4/c1-3-13-27(14-4-1)29-23-36(28-15-5-2-6-16-28)43-41(24-29)45-37-21-11-9-18-31(37)34-25-33-30-17-7-8-19-32(30)42-44-35-20-10-12-22-38(35)46(42)40(33)26-39(34)45/h1-26H. The highest BCUT2D eigenvalue weighted by Gasteiger charge is 2.19. The molecule has 0 N–H and O–H groups in total. The van der Waals surface area contributed by atoms with Gasteiger partial charge in [0.2, 0.25) is 0 Å². The van der Waals surface area contributed by atoms with Crippen LogP contribution in [0.15, 0.2) is 158 Å². The Kier molecular flexibility index (Phi) is 5.25. The first-order chi connectivity index (χ1) is 22.8. The fourth-order valence-corrected chi connectivity index (χ4v) is 7.20. The van der Waals surface area contributed by atoms with Crippen LogP contribution in [0.2, 0.25) is 0 Å². The number of nitrogens with zero attached hydrogens (tertiary/aromatic N) is 4. The Morgan fingerprint density at radius 1 is 0.370 bits per heavy atom. The summed E-state index contributed by atoms with van der Waals surface area (Å²) in [4.78, 5) is 10.5. The number of rotatable bonds is 3. The minimum absolute atomic E-state index is 0.887. The minimum atomic E-state index is 0.887. The molecule has 46 heavy (non-hydrogen) atoms. The topological polar surface area (TPSA) is 35.1 Å². The monoisotopic (exact) mass is 586 g/mol. The lowest BCUT2D eigenvalue weighted by atomic mass is 10.0. The third kappa shape index (κ3) is 3.61. The number of fused-ring (bicyclic) bond motifs is 11. The highest BCUT2D eigenvalue weighted by Crippen LogP contribution is 2.39. The summed E-state index contributed by atoms with van der Waals surface area (Å²) in [5.41, 5.74) is 10.8. The van der Waals surface area contributed by atoms with Crippen LogP contribution < -0.4 is 0 Å². The molecule has 0 aliphatic carbocycles. The first-order valence-electron chi connectivity index (χ1n) is 15.6. The second-order valence-electron chi connectivity index (χ2n) is 11.9. The van der Waals surface area contributed by atoms with Gasteiger partial charge in [-0.2, -0.15) is 0 Å². The molecule has 4 heterocycles. The minimum Gasteiger partial charge on any atom is -0.294 e. The van der Waals surface area contributed by atoms with Crippen LogP contribution in [0.5, 0.6) is 0 Å². The maximum Gasteiger partial charge on any atom is 0.146 e. The van der Waals surface area contributed by atoms with Gasteiger partial charge in [0.05, 0.1) is 33.3 Å². The average molecular weight is 587 g/mol. The summed E-state index contributed by atoms with van der Waals surface area (Å²) in [6.07, 6.45) is 0. The summed E-state index contributed by atoms with van der Waals surface area (Å²) in [5.74, 6) is 0.887. The molecule has 0 saturated heterocycles. The molecule has 0 saturated carbocycles. The van der Waals surface area contributed by atoms with Crippen LogP contribution in [-0.4, -0.2) is 18.9 Å². The zero-order chi connectivity index (χ0) is 30.2. The number of aromatic nitrogens is 4. The summed E-state index contributed by atoms with van der Waals surface area (Å²) in [7, 11) is 0. The summed E-state index contributed by atoms with van der Waals surface area (Å²) in [5, 5.41) is 5.96. The van der Waals surface area contributed by atoms with Gasteiger partial charge in [-0.05, 0) is 59.0 Å². The van der Waals surface area contributed by atoms with Crippen molar-refractivity contribution < 1.29 is 0 Å². The fraction of sp³-hybridized carbons (Fsp3) is 0. The molecule has 214 valence electrons. The Bertz CT molecular complexity index is 2730. The van der Waals surface area contributed by atoms with Gasteiger partial charge < -0.3 is 0 Å². The van der Waals surface area contributed by atoms with Crippen molar-refractivity contribution in [2.75, 3.05) is 0 Å². The molecule has 4 aromatic heterocycles. The van der Waals surface area contributed by atoms with E-state index in [1.54, 1.807) is 0 Å². The molecular weight excluding hydrogens is 560 g/mol. The molecule has 4 nitrogen and oxygen atoms in total. The Labute approximate surface area is 264 Å². The molecule has 0 bridgehead atoms. The maximum atomic E-state index is 5.35. The van der Waals surface area contributed by atoms with Gasteiger partial charge in [0, 0.05) is 27.1 Å². The molecule has 0 amide bonds. The number of benzene rings is 6. The zero-order valence-electron chi connectivity index (χ0n) is 24.8. The lowest BCUT2D eigenvalue weighted by Gasteiger charge is -2.14. The molecule has 10 rings (SSSR count). The van der Waals surface area contributed by atoms with E-state index >= 15 is 0 Å². The van der Waals surface area contributed by atoms with E-state index in [9.17, 15) is 0 Å². The largest absolute Gasteiger partial charge is 0.294 e. The highest BCUT2D eigenvalue weighted by molar-refractivity contribution is 6.20. The summed E-state index contributed by atoms with van der Waals surface area (Å²) >= 11 is 0. The maximum absolute atomic E-state index is 5.35. The van der Waals surface area contributed by atoms with Gasteiger partial charge in [0.25, 0.3) is 0 Å². The average Bonchev–Trinajstić information content (AvgIpc) is 3.68. The van der Waals surface area contributed by atoms with Crippen molar-refractivity contribution in [2.45, 2.75) is 0 Å². The van der Waals surface area contributed by atoms with Crippen LogP contribution in [0.25, 0.3) is 88.4 Å². The van der Waals surface area contributed by atoms with Gasteiger partial charge in [-0.3, -0.25) is 8.97 Å². The van der Waals surface area contributed by atoms with Gasteiger partial charge in [-0.1, -0.05) is 115 Å². The van der Waals surface area contributed by atoms with E-state index in [1.807, 2.05) is 6.07 Å². The number of hydrogen-bond donors (Lipinski definition) is 0. The Balaban J connectivity index is 1.38. The van der Waals surface area contributed by atoms with Gasteiger partial charge in [-0.25, -0.2) is 9.97 Å². The van der Waals surface area contributed by atoms with Crippen LogP contribution in [0.4, 0.5) is 0 Å². The summed E-state index contributed by atoms with van der Waals surface area (Å²) < 4.78 is 4.67. The molecule has 4 heteroatoms. The molecule has 0 unspecified atom stereocenters. The number of hydrogen-bond acceptors (Lipinski definition) is 2. The fourth-order valence-electron chi connectivity index (χ4n) is 7.20. The Hall–Kier alpha value is -6.26. The first-order valence-corrected chi connectivity index (χ1v) is 15.6. The number of imidazole rings is 1. The van der Waals surface area contributed by atoms with E-state index in [1.165, 1.54) is 21.5 Å². The van der Waals surface area contributed by atoms with Gasteiger partial charge in [0.15, 0.2) is 0 Å². The van der Waals surface area contributed by atoms with Crippen molar-refractivity contribution in [2.24, 2.45) is 0 Å². The molecule has 0 aliphatic heterocycles. The van der Waals surface area contributed by atoms with Gasteiger partial charge in [0.1, 0.15) is 11.5 Å². The Morgan fingerprint density at radius 2 is 1.00 bits per heavy atom. The molecule has 0 fully saturated rings. The first kappa shape index (κ1) is 25.1. The van der Waals surface area contributed by atoms with Crippen LogP contribution in [0, 0.1) is 0 Å². The predicted molar refractivity (Wildman–Crippen MR) is 191 cm³/mol.